The second-order valence-electron chi connectivity index (χ2n) is 4.85. The molecule has 0 spiro atoms. The molecule has 0 heterocycles. The Morgan fingerprint density at radius 3 is 2.33 bits per heavy atom. The van der Waals surface area contributed by atoms with E-state index in [1.807, 2.05) is 27.9 Å². The molecule has 1 aromatic rings. The summed E-state index contributed by atoms with van der Waals surface area (Å²) in [6.45, 7) is 4.08. The van der Waals surface area contributed by atoms with Crippen molar-refractivity contribution in [2.75, 3.05) is 19.0 Å². The number of nitrogens with two attached hydrogens (primary N) is 1. The molecule has 0 saturated carbocycles. The Morgan fingerprint density at radius 2 is 1.93 bits per heavy atom. The third kappa shape index (κ3) is 3.84. The lowest BCUT2D eigenvalue weighted by Gasteiger charge is -2.20. The molecule has 0 aliphatic carbocycles. The zero-order valence-corrected chi connectivity index (χ0v) is 11.4. The molecule has 0 radical (unpaired) electrons. The molecule has 0 bridgehead atoms. The van der Waals surface area contributed by atoms with Gasteiger partial charge in [0.05, 0.1) is 5.69 Å². The minimum Gasteiger partial charge on any atom is -0.377 e. The molecule has 0 aliphatic heterocycles. The van der Waals surface area contributed by atoms with E-state index < -0.39 is 0 Å². The molecular formula is C12H19BrN2. The number of halogens is 1. The van der Waals surface area contributed by atoms with Crippen LogP contribution in [0.2, 0.25) is 0 Å². The molecule has 0 aromatic heterocycles. The van der Waals surface area contributed by atoms with E-state index in [9.17, 15) is 0 Å². The SMILES string of the molecule is CN(C)c1ccc(CC(C)(C)N)cc1Br. The largest absolute Gasteiger partial charge is 0.377 e. The molecule has 2 nitrogen and oxygen atoms in total. The summed E-state index contributed by atoms with van der Waals surface area (Å²) in [5.74, 6) is 0. The molecule has 84 valence electrons. The molecular weight excluding hydrogens is 252 g/mol. The van der Waals surface area contributed by atoms with Gasteiger partial charge in [0.25, 0.3) is 0 Å². The van der Waals surface area contributed by atoms with Crippen LogP contribution in [0, 0.1) is 0 Å². The van der Waals surface area contributed by atoms with Crippen molar-refractivity contribution in [3.05, 3.63) is 28.2 Å². The molecule has 0 atom stereocenters. The van der Waals surface area contributed by atoms with E-state index >= 15 is 0 Å². The Kier molecular flexibility index (Phi) is 3.79. The van der Waals surface area contributed by atoms with Gasteiger partial charge in [0, 0.05) is 24.1 Å². The van der Waals surface area contributed by atoms with Gasteiger partial charge in [-0.25, -0.2) is 0 Å². The van der Waals surface area contributed by atoms with Crippen LogP contribution in [0.15, 0.2) is 22.7 Å². The summed E-state index contributed by atoms with van der Waals surface area (Å²) in [4.78, 5) is 2.08. The topological polar surface area (TPSA) is 29.3 Å². The number of rotatable bonds is 3. The van der Waals surface area contributed by atoms with Crippen molar-refractivity contribution < 1.29 is 0 Å². The van der Waals surface area contributed by atoms with Gasteiger partial charge in [0.1, 0.15) is 0 Å². The Labute approximate surface area is 101 Å². The van der Waals surface area contributed by atoms with Gasteiger partial charge in [0.15, 0.2) is 0 Å². The van der Waals surface area contributed by atoms with Crippen molar-refractivity contribution in [3.63, 3.8) is 0 Å². The van der Waals surface area contributed by atoms with Gasteiger partial charge in [-0.3, -0.25) is 0 Å². The van der Waals surface area contributed by atoms with Crippen molar-refractivity contribution in [2.24, 2.45) is 5.73 Å². The third-order valence-electron chi connectivity index (χ3n) is 2.15. The molecule has 3 heteroatoms. The fourth-order valence-corrected chi connectivity index (χ4v) is 2.33. The van der Waals surface area contributed by atoms with Crippen LogP contribution in [0.1, 0.15) is 19.4 Å². The van der Waals surface area contributed by atoms with Crippen LogP contribution in [-0.2, 0) is 6.42 Å². The second-order valence-corrected chi connectivity index (χ2v) is 5.70. The third-order valence-corrected chi connectivity index (χ3v) is 2.79. The fraction of sp³-hybridized carbons (Fsp3) is 0.500. The first-order chi connectivity index (χ1) is 6.79. The van der Waals surface area contributed by atoms with E-state index in [-0.39, 0.29) is 5.54 Å². The number of hydrogen-bond acceptors (Lipinski definition) is 2. The normalized spacial score (nSPS) is 11.6. The minimum atomic E-state index is -0.154. The van der Waals surface area contributed by atoms with Crippen LogP contribution >= 0.6 is 15.9 Å². The fourth-order valence-electron chi connectivity index (χ4n) is 1.55. The number of benzene rings is 1. The highest BCUT2D eigenvalue weighted by Gasteiger charge is 2.12. The van der Waals surface area contributed by atoms with Gasteiger partial charge in [-0.15, -0.1) is 0 Å². The summed E-state index contributed by atoms with van der Waals surface area (Å²) in [6.07, 6.45) is 0.888. The van der Waals surface area contributed by atoms with Crippen LogP contribution in [0.4, 0.5) is 5.69 Å². The highest BCUT2D eigenvalue weighted by Crippen LogP contribution is 2.26. The van der Waals surface area contributed by atoms with Crippen molar-refractivity contribution in [3.8, 4) is 0 Å². The van der Waals surface area contributed by atoms with Crippen LogP contribution < -0.4 is 10.6 Å². The summed E-state index contributed by atoms with van der Waals surface area (Å²) in [6, 6.07) is 6.39. The maximum atomic E-state index is 5.99. The van der Waals surface area contributed by atoms with E-state index in [2.05, 4.69) is 39.0 Å². The molecule has 2 N–H and O–H groups in total. The first-order valence-corrected chi connectivity index (χ1v) is 5.83. The van der Waals surface area contributed by atoms with Gasteiger partial charge >= 0.3 is 0 Å². The van der Waals surface area contributed by atoms with Crippen molar-refractivity contribution in [1.82, 2.24) is 0 Å². The van der Waals surface area contributed by atoms with Gasteiger partial charge in [-0.2, -0.15) is 0 Å². The van der Waals surface area contributed by atoms with Gasteiger partial charge in [-0.05, 0) is 53.9 Å². The van der Waals surface area contributed by atoms with Gasteiger partial charge in [0.2, 0.25) is 0 Å². The zero-order chi connectivity index (χ0) is 11.6. The standard InChI is InChI=1S/C12H19BrN2/c1-12(2,14)8-9-5-6-11(15(3)4)10(13)7-9/h5-7H,8,14H2,1-4H3. The second kappa shape index (κ2) is 4.54. The van der Waals surface area contributed by atoms with Gasteiger partial charge < -0.3 is 10.6 Å². The molecule has 0 aliphatic rings. The van der Waals surface area contributed by atoms with Crippen LogP contribution in [-0.4, -0.2) is 19.6 Å². The minimum absolute atomic E-state index is 0.154. The maximum absolute atomic E-state index is 5.99. The van der Waals surface area contributed by atoms with E-state index in [1.54, 1.807) is 0 Å². The number of hydrogen-bond donors (Lipinski definition) is 1. The van der Waals surface area contributed by atoms with E-state index in [1.165, 1.54) is 11.3 Å². The average Bonchev–Trinajstić information content (AvgIpc) is 1.99. The molecule has 0 amide bonds. The predicted molar refractivity (Wildman–Crippen MR) is 70.4 cm³/mol. The van der Waals surface area contributed by atoms with Crippen LogP contribution in [0.25, 0.3) is 0 Å². The highest BCUT2D eigenvalue weighted by atomic mass is 79.9. The summed E-state index contributed by atoms with van der Waals surface area (Å²) >= 11 is 3.57. The summed E-state index contributed by atoms with van der Waals surface area (Å²) in [5.41, 5.74) is 8.29. The lowest BCUT2D eigenvalue weighted by atomic mass is 9.96. The number of anilines is 1. The van der Waals surface area contributed by atoms with Gasteiger partial charge in [-0.1, -0.05) is 6.07 Å². The van der Waals surface area contributed by atoms with E-state index in [4.69, 9.17) is 5.73 Å². The smallest absolute Gasteiger partial charge is 0.0505 e. The summed E-state index contributed by atoms with van der Waals surface area (Å²) < 4.78 is 1.12. The van der Waals surface area contributed by atoms with Crippen molar-refractivity contribution in [2.45, 2.75) is 25.8 Å². The van der Waals surface area contributed by atoms with Crippen molar-refractivity contribution in [1.29, 1.82) is 0 Å². The Balaban J connectivity index is 2.92. The molecule has 0 saturated heterocycles. The lowest BCUT2D eigenvalue weighted by molar-refractivity contribution is 0.516. The molecule has 1 rings (SSSR count). The first kappa shape index (κ1) is 12.5. The molecule has 1 aromatic carbocycles. The lowest BCUT2D eigenvalue weighted by Crippen LogP contribution is -2.34. The summed E-state index contributed by atoms with van der Waals surface area (Å²) in [7, 11) is 4.07. The highest BCUT2D eigenvalue weighted by molar-refractivity contribution is 9.10. The Bertz CT molecular complexity index is 340. The van der Waals surface area contributed by atoms with Crippen molar-refractivity contribution >= 4 is 21.6 Å². The van der Waals surface area contributed by atoms with Crippen LogP contribution in [0.3, 0.4) is 0 Å². The van der Waals surface area contributed by atoms with Crippen LogP contribution in [0.5, 0.6) is 0 Å². The summed E-state index contributed by atoms with van der Waals surface area (Å²) in [5, 5.41) is 0. The monoisotopic (exact) mass is 270 g/mol. The average molecular weight is 271 g/mol. The van der Waals surface area contributed by atoms with E-state index in [0.717, 1.165) is 10.9 Å². The Morgan fingerprint density at radius 1 is 1.33 bits per heavy atom. The predicted octanol–water partition coefficient (Wildman–Crippen LogP) is 2.79. The zero-order valence-electron chi connectivity index (χ0n) is 9.84. The first-order valence-electron chi connectivity index (χ1n) is 5.04. The van der Waals surface area contributed by atoms with E-state index in [0.29, 0.717) is 0 Å². The quantitative estimate of drug-likeness (QED) is 0.916. The number of nitrogens with zero attached hydrogens (tertiary/aromatic N) is 1. The molecule has 15 heavy (non-hydrogen) atoms. The molecule has 0 unspecified atom stereocenters. The maximum Gasteiger partial charge on any atom is 0.0505 e. The Hall–Kier alpha value is -0.540. The molecule has 0 fully saturated rings.